The van der Waals surface area contributed by atoms with Gasteiger partial charge < -0.3 is 14.8 Å². The summed E-state index contributed by atoms with van der Waals surface area (Å²) in [6, 6.07) is 8.42. The van der Waals surface area contributed by atoms with Crippen LogP contribution in [0.5, 0.6) is 5.75 Å². The number of amides is 1. The molecule has 0 aromatic heterocycles. The standard InChI is InChI=1S/C15H18N2O4/c1-4-20-13(18)10-17-14(19)15(2,3)21-12-7-5-11(9-16)6-8-12/h5-8H,4,10H2,1-3H3,(H,17,19). The van der Waals surface area contributed by atoms with E-state index in [0.29, 0.717) is 11.3 Å². The van der Waals surface area contributed by atoms with Crippen LogP contribution in [-0.4, -0.2) is 30.6 Å². The number of nitrogens with one attached hydrogen (secondary N) is 1. The maximum Gasteiger partial charge on any atom is 0.325 e. The largest absolute Gasteiger partial charge is 0.478 e. The van der Waals surface area contributed by atoms with Gasteiger partial charge in [0.1, 0.15) is 12.3 Å². The van der Waals surface area contributed by atoms with Crippen LogP contribution in [0.4, 0.5) is 0 Å². The van der Waals surface area contributed by atoms with Crippen molar-refractivity contribution in [3.63, 3.8) is 0 Å². The summed E-state index contributed by atoms with van der Waals surface area (Å²) in [6.45, 7) is 4.93. The number of nitriles is 1. The number of esters is 1. The van der Waals surface area contributed by atoms with E-state index < -0.39 is 17.5 Å². The molecule has 0 aliphatic heterocycles. The van der Waals surface area contributed by atoms with Crippen molar-refractivity contribution in [2.75, 3.05) is 13.2 Å². The van der Waals surface area contributed by atoms with E-state index in [2.05, 4.69) is 5.32 Å². The zero-order chi connectivity index (χ0) is 15.9. The molecular weight excluding hydrogens is 272 g/mol. The third-order valence-corrected chi connectivity index (χ3v) is 2.60. The number of rotatable bonds is 6. The molecule has 0 spiro atoms. The highest BCUT2D eigenvalue weighted by Gasteiger charge is 2.30. The monoisotopic (exact) mass is 290 g/mol. The van der Waals surface area contributed by atoms with E-state index in [1.165, 1.54) is 0 Å². The third-order valence-electron chi connectivity index (χ3n) is 2.60. The first-order chi connectivity index (χ1) is 9.89. The minimum Gasteiger partial charge on any atom is -0.478 e. The van der Waals surface area contributed by atoms with E-state index in [-0.39, 0.29) is 13.2 Å². The highest BCUT2D eigenvalue weighted by molar-refractivity contribution is 5.87. The molecule has 1 rings (SSSR count). The molecule has 0 heterocycles. The molecule has 1 amide bonds. The lowest BCUT2D eigenvalue weighted by atomic mass is 10.1. The van der Waals surface area contributed by atoms with Crippen LogP contribution in [0.25, 0.3) is 0 Å². The molecule has 0 unspecified atom stereocenters. The maximum absolute atomic E-state index is 12.0. The van der Waals surface area contributed by atoms with E-state index in [1.54, 1.807) is 45.0 Å². The molecule has 1 aromatic rings. The van der Waals surface area contributed by atoms with Gasteiger partial charge in [-0.3, -0.25) is 9.59 Å². The van der Waals surface area contributed by atoms with Crippen molar-refractivity contribution in [3.05, 3.63) is 29.8 Å². The van der Waals surface area contributed by atoms with Crippen LogP contribution in [0.2, 0.25) is 0 Å². The van der Waals surface area contributed by atoms with Crippen molar-refractivity contribution >= 4 is 11.9 Å². The predicted octanol–water partition coefficient (Wildman–Crippen LogP) is 1.39. The van der Waals surface area contributed by atoms with E-state index in [4.69, 9.17) is 14.7 Å². The lowest BCUT2D eigenvalue weighted by molar-refractivity contribution is -0.145. The van der Waals surface area contributed by atoms with Crippen LogP contribution >= 0.6 is 0 Å². The van der Waals surface area contributed by atoms with E-state index >= 15 is 0 Å². The summed E-state index contributed by atoms with van der Waals surface area (Å²) in [5, 5.41) is 11.2. The molecule has 1 aromatic carbocycles. The first-order valence-electron chi connectivity index (χ1n) is 6.52. The molecule has 21 heavy (non-hydrogen) atoms. The summed E-state index contributed by atoms with van der Waals surface area (Å²) in [5.74, 6) is -0.467. The van der Waals surface area contributed by atoms with Crippen LogP contribution in [0.15, 0.2) is 24.3 Å². The smallest absolute Gasteiger partial charge is 0.325 e. The van der Waals surface area contributed by atoms with Gasteiger partial charge in [0, 0.05) is 0 Å². The Kier molecular flexibility index (Phi) is 5.73. The van der Waals surface area contributed by atoms with Gasteiger partial charge in [-0.05, 0) is 45.0 Å². The maximum atomic E-state index is 12.0. The number of carbonyl (C=O) groups is 2. The lowest BCUT2D eigenvalue weighted by Gasteiger charge is -2.25. The summed E-state index contributed by atoms with van der Waals surface area (Å²) >= 11 is 0. The Labute approximate surface area is 123 Å². The van der Waals surface area contributed by atoms with Crippen molar-refractivity contribution in [3.8, 4) is 11.8 Å². The topological polar surface area (TPSA) is 88.4 Å². The molecule has 1 N–H and O–H groups in total. The van der Waals surface area contributed by atoms with Gasteiger partial charge in [0.2, 0.25) is 0 Å². The summed E-state index contributed by atoms with van der Waals surface area (Å²) in [7, 11) is 0. The molecule has 0 fully saturated rings. The van der Waals surface area contributed by atoms with Gasteiger partial charge in [0.15, 0.2) is 5.60 Å². The van der Waals surface area contributed by atoms with Gasteiger partial charge in [-0.15, -0.1) is 0 Å². The predicted molar refractivity (Wildman–Crippen MR) is 75.5 cm³/mol. The van der Waals surface area contributed by atoms with E-state index in [0.717, 1.165) is 0 Å². The summed E-state index contributed by atoms with van der Waals surface area (Å²) in [6.07, 6.45) is 0. The second kappa shape index (κ2) is 7.29. The average molecular weight is 290 g/mol. The number of ether oxygens (including phenoxy) is 2. The molecule has 0 atom stereocenters. The van der Waals surface area contributed by atoms with Crippen molar-refractivity contribution in [1.29, 1.82) is 5.26 Å². The molecule has 0 radical (unpaired) electrons. The number of hydrogen-bond acceptors (Lipinski definition) is 5. The Morgan fingerprint density at radius 1 is 1.29 bits per heavy atom. The highest BCUT2D eigenvalue weighted by atomic mass is 16.5. The van der Waals surface area contributed by atoms with Crippen molar-refractivity contribution in [1.82, 2.24) is 5.32 Å². The molecule has 0 saturated carbocycles. The molecule has 0 bridgehead atoms. The number of nitrogens with zero attached hydrogens (tertiary/aromatic N) is 1. The average Bonchev–Trinajstić information content (AvgIpc) is 2.45. The highest BCUT2D eigenvalue weighted by Crippen LogP contribution is 2.19. The Morgan fingerprint density at radius 2 is 1.90 bits per heavy atom. The van der Waals surface area contributed by atoms with E-state index in [1.807, 2.05) is 6.07 Å². The first-order valence-corrected chi connectivity index (χ1v) is 6.52. The van der Waals surface area contributed by atoms with Crippen LogP contribution in [0, 0.1) is 11.3 Å². The lowest BCUT2D eigenvalue weighted by Crippen LogP contribution is -2.48. The zero-order valence-corrected chi connectivity index (χ0v) is 12.3. The van der Waals surface area contributed by atoms with Crippen LogP contribution in [-0.2, 0) is 14.3 Å². The molecule has 0 aliphatic carbocycles. The molecule has 6 heteroatoms. The number of carbonyl (C=O) groups excluding carboxylic acids is 2. The Balaban J connectivity index is 2.60. The van der Waals surface area contributed by atoms with Crippen molar-refractivity contribution in [2.45, 2.75) is 26.4 Å². The van der Waals surface area contributed by atoms with Crippen LogP contribution < -0.4 is 10.1 Å². The number of benzene rings is 1. The summed E-state index contributed by atoms with van der Waals surface area (Å²) < 4.78 is 10.3. The second-order valence-corrected chi connectivity index (χ2v) is 4.74. The van der Waals surface area contributed by atoms with Gasteiger partial charge in [0.05, 0.1) is 18.2 Å². The minimum atomic E-state index is -1.15. The van der Waals surface area contributed by atoms with Crippen LogP contribution in [0.3, 0.4) is 0 Å². The SMILES string of the molecule is CCOC(=O)CNC(=O)C(C)(C)Oc1ccc(C#N)cc1. The quantitative estimate of drug-likeness (QED) is 0.800. The van der Waals surface area contributed by atoms with Crippen molar-refractivity contribution < 1.29 is 19.1 Å². The van der Waals surface area contributed by atoms with Crippen LogP contribution in [0.1, 0.15) is 26.3 Å². The zero-order valence-electron chi connectivity index (χ0n) is 12.3. The Morgan fingerprint density at radius 3 is 2.43 bits per heavy atom. The summed E-state index contributed by atoms with van der Waals surface area (Å²) in [5.41, 5.74) is -0.646. The molecule has 0 saturated heterocycles. The van der Waals surface area contributed by atoms with Gasteiger partial charge in [-0.2, -0.15) is 5.26 Å². The van der Waals surface area contributed by atoms with Gasteiger partial charge in [-0.1, -0.05) is 0 Å². The third kappa shape index (κ3) is 5.15. The first kappa shape index (κ1) is 16.5. The van der Waals surface area contributed by atoms with E-state index in [9.17, 15) is 9.59 Å². The Bertz CT molecular complexity index is 544. The normalized spacial score (nSPS) is 10.4. The molecule has 0 aliphatic rings. The minimum absolute atomic E-state index is 0.202. The fourth-order valence-corrected chi connectivity index (χ4v) is 1.52. The fraction of sp³-hybridized carbons (Fsp3) is 0.400. The van der Waals surface area contributed by atoms with Gasteiger partial charge in [0.25, 0.3) is 5.91 Å². The molecular formula is C15H18N2O4. The Hall–Kier alpha value is -2.55. The molecule has 6 nitrogen and oxygen atoms in total. The van der Waals surface area contributed by atoms with Gasteiger partial charge >= 0.3 is 5.97 Å². The fourth-order valence-electron chi connectivity index (χ4n) is 1.52. The summed E-state index contributed by atoms with van der Waals surface area (Å²) in [4.78, 5) is 23.2. The van der Waals surface area contributed by atoms with Crippen molar-refractivity contribution in [2.24, 2.45) is 0 Å². The van der Waals surface area contributed by atoms with Gasteiger partial charge in [-0.25, -0.2) is 0 Å². The second-order valence-electron chi connectivity index (χ2n) is 4.74. The number of hydrogen-bond donors (Lipinski definition) is 1. The molecule has 112 valence electrons.